The van der Waals surface area contributed by atoms with E-state index < -0.39 is 10.0 Å². The minimum Gasteiger partial charge on any atom is -0.336 e. The molecule has 0 spiro atoms. The Morgan fingerprint density at radius 3 is 2.75 bits per heavy atom. The van der Waals surface area contributed by atoms with Crippen molar-refractivity contribution < 1.29 is 13.2 Å². The van der Waals surface area contributed by atoms with Crippen LogP contribution >= 0.6 is 12.4 Å². The number of carbonyl (C=O) groups is 1. The highest BCUT2D eigenvalue weighted by atomic mass is 35.5. The van der Waals surface area contributed by atoms with Gasteiger partial charge in [-0.3, -0.25) is 9.10 Å². The van der Waals surface area contributed by atoms with Crippen molar-refractivity contribution in [3.63, 3.8) is 0 Å². The summed E-state index contributed by atoms with van der Waals surface area (Å²) in [5.41, 5.74) is 2.16. The second-order valence-electron chi connectivity index (χ2n) is 7.04. The summed E-state index contributed by atoms with van der Waals surface area (Å²) >= 11 is 0. The molecule has 0 bridgehead atoms. The van der Waals surface area contributed by atoms with Gasteiger partial charge in [-0.05, 0) is 30.2 Å². The van der Waals surface area contributed by atoms with Crippen molar-refractivity contribution in [3.8, 4) is 0 Å². The number of imidazole rings is 1. The molecule has 1 fully saturated rings. The molecule has 0 radical (unpaired) electrons. The van der Waals surface area contributed by atoms with Crippen LogP contribution in [0.3, 0.4) is 0 Å². The lowest BCUT2D eigenvalue weighted by molar-refractivity contribution is 0.0621. The van der Waals surface area contributed by atoms with E-state index in [9.17, 15) is 13.2 Å². The van der Waals surface area contributed by atoms with Crippen LogP contribution in [0.4, 0.5) is 5.69 Å². The molecule has 1 amide bonds. The molecule has 4 rings (SSSR count). The molecule has 2 aliphatic heterocycles. The van der Waals surface area contributed by atoms with E-state index in [1.165, 1.54) is 10.6 Å². The second-order valence-corrected chi connectivity index (χ2v) is 8.95. The Bertz CT molecular complexity index is 991. The number of amides is 1. The number of hydrogen-bond donors (Lipinski definition) is 1. The standard InChI is InChI=1S/C18H23N5O3S.ClH/c1-21-9-7-20-17(21)16-12-19-6-10-22(16)18(24)14-3-4-15-13(11-14)5-8-23(15)27(2,25)26;/h3-4,7,9,11,16,19H,5-6,8,10,12H2,1-2H3;1H. The zero-order chi connectivity index (χ0) is 19.2. The summed E-state index contributed by atoms with van der Waals surface area (Å²) in [5.74, 6) is 0.796. The zero-order valence-corrected chi connectivity index (χ0v) is 17.5. The molecule has 1 N–H and O–H groups in total. The minimum absolute atomic E-state index is 0. The van der Waals surface area contributed by atoms with E-state index in [-0.39, 0.29) is 24.4 Å². The van der Waals surface area contributed by atoms with E-state index in [0.717, 1.165) is 17.9 Å². The number of benzene rings is 1. The van der Waals surface area contributed by atoms with Crippen LogP contribution in [0.5, 0.6) is 0 Å². The summed E-state index contributed by atoms with van der Waals surface area (Å²) in [6.07, 6.45) is 5.44. The number of anilines is 1. The first-order valence-electron chi connectivity index (χ1n) is 8.96. The monoisotopic (exact) mass is 425 g/mol. The number of fused-ring (bicyclic) bond motifs is 1. The lowest BCUT2D eigenvalue weighted by Gasteiger charge is -2.36. The molecule has 1 aromatic heterocycles. The second kappa shape index (κ2) is 7.73. The highest BCUT2D eigenvalue weighted by Gasteiger charge is 2.32. The van der Waals surface area contributed by atoms with Gasteiger partial charge in [0.15, 0.2) is 0 Å². The van der Waals surface area contributed by atoms with Gasteiger partial charge in [0.05, 0.1) is 11.9 Å². The number of nitrogens with zero attached hydrogens (tertiary/aromatic N) is 4. The number of hydrogen-bond acceptors (Lipinski definition) is 5. The van der Waals surface area contributed by atoms with Gasteiger partial charge in [-0.1, -0.05) is 0 Å². The normalized spacial score (nSPS) is 19.3. The largest absolute Gasteiger partial charge is 0.336 e. The first-order chi connectivity index (χ1) is 12.9. The highest BCUT2D eigenvalue weighted by molar-refractivity contribution is 7.92. The van der Waals surface area contributed by atoms with Crippen LogP contribution in [0, 0.1) is 0 Å². The zero-order valence-electron chi connectivity index (χ0n) is 15.8. The minimum atomic E-state index is -3.29. The lowest BCUT2D eigenvalue weighted by Crippen LogP contribution is -2.49. The summed E-state index contributed by atoms with van der Waals surface area (Å²) in [6.45, 7) is 2.42. The summed E-state index contributed by atoms with van der Waals surface area (Å²) in [6, 6.07) is 5.17. The van der Waals surface area contributed by atoms with Gasteiger partial charge >= 0.3 is 0 Å². The van der Waals surface area contributed by atoms with Gasteiger partial charge in [0.1, 0.15) is 11.9 Å². The van der Waals surface area contributed by atoms with Crippen molar-refractivity contribution in [2.75, 3.05) is 36.7 Å². The summed E-state index contributed by atoms with van der Waals surface area (Å²) in [4.78, 5) is 19.5. The van der Waals surface area contributed by atoms with Gasteiger partial charge in [0.25, 0.3) is 5.91 Å². The predicted molar refractivity (Wildman–Crippen MR) is 109 cm³/mol. The molecule has 1 unspecified atom stereocenters. The van der Waals surface area contributed by atoms with Crippen molar-refractivity contribution in [1.82, 2.24) is 19.8 Å². The maximum absolute atomic E-state index is 13.2. The van der Waals surface area contributed by atoms with Gasteiger partial charge in [-0.25, -0.2) is 13.4 Å². The molecule has 152 valence electrons. The fourth-order valence-corrected chi connectivity index (χ4v) is 4.85. The fourth-order valence-electron chi connectivity index (χ4n) is 3.89. The van der Waals surface area contributed by atoms with Gasteiger partial charge < -0.3 is 14.8 Å². The van der Waals surface area contributed by atoms with Gasteiger partial charge in [-0.15, -0.1) is 12.4 Å². The van der Waals surface area contributed by atoms with E-state index in [4.69, 9.17) is 0 Å². The highest BCUT2D eigenvalue weighted by Crippen LogP contribution is 2.32. The average molecular weight is 426 g/mol. The molecule has 0 saturated carbocycles. The van der Waals surface area contributed by atoms with Crippen LogP contribution in [-0.4, -0.2) is 61.2 Å². The maximum Gasteiger partial charge on any atom is 0.254 e. The lowest BCUT2D eigenvalue weighted by atomic mass is 10.1. The predicted octanol–water partition coefficient (Wildman–Crippen LogP) is 0.951. The SMILES string of the molecule is Cl.Cn1ccnc1C1CNCCN1C(=O)c1ccc2c(c1)CCN2S(C)(=O)=O. The quantitative estimate of drug-likeness (QED) is 0.791. The Labute approximate surface area is 171 Å². The molecule has 8 nitrogen and oxygen atoms in total. The van der Waals surface area contributed by atoms with E-state index in [0.29, 0.717) is 37.3 Å². The van der Waals surface area contributed by atoms with Crippen molar-refractivity contribution in [2.24, 2.45) is 7.05 Å². The number of nitrogens with one attached hydrogen (secondary N) is 1. The third kappa shape index (κ3) is 3.61. The summed E-state index contributed by atoms with van der Waals surface area (Å²) in [7, 11) is -1.37. The molecule has 28 heavy (non-hydrogen) atoms. The molecular formula is C18H24ClN5O3S. The average Bonchev–Trinajstić information content (AvgIpc) is 3.26. The third-order valence-corrected chi connectivity index (χ3v) is 6.42. The molecule has 0 aliphatic carbocycles. The molecule has 2 aromatic rings. The molecule has 2 aliphatic rings. The van der Waals surface area contributed by atoms with E-state index in [2.05, 4.69) is 10.3 Å². The van der Waals surface area contributed by atoms with Crippen molar-refractivity contribution in [2.45, 2.75) is 12.5 Å². The fraction of sp³-hybridized carbons (Fsp3) is 0.444. The molecular weight excluding hydrogens is 402 g/mol. The van der Waals surface area contributed by atoms with Crippen LogP contribution in [0.25, 0.3) is 0 Å². The Balaban J connectivity index is 0.00000225. The van der Waals surface area contributed by atoms with E-state index in [1.807, 2.05) is 28.8 Å². The first-order valence-corrected chi connectivity index (χ1v) is 10.8. The topological polar surface area (TPSA) is 87.5 Å². The van der Waals surface area contributed by atoms with Crippen LogP contribution in [0.1, 0.15) is 27.8 Å². The first kappa shape index (κ1) is 20.6. The Morgan fingerprint density at radius 2 is 2.07 bits per heavy atom. The number of sulfonamides is 1. The van der Waals surface area contributed by atoms with Gasteiger partial charge in [0.2, 0.25) is 10.0 Å². The number of rotatable bonds is 3. The van der Waals surface area contributed by atoms with Crippen molar-refractivity contribution >= 4 is 34.0 Å². The van der Waals surface area contributed by atoms with E-state index >= 15 is 0 Å². The molecule has 3 heterocycles. The molecule has 10 heteroatoms. The number of carbonyl (C=O) groups excluding carboxylic acids is 1. The third-order valence-electron chi connectivity index (χ3n) is 5.24. The Hall–Kier alpha value is -2.10. The van der Waals surface area contributed by atoms with Crippen molar-refractivity contribution in [1.29, 1.82) is 0 Å². The number of aryl methyl sites for hydroxylation is 1. The number of aromatic nitrogens is 2. The van der Waals surface area contributed by atoms with Crippen LogP contribution in [0.2, 0.25) is 0 Å². The van der Waals surface area contributed by atoms with Crippen LogP contribution in [-0.2, 0) is 23.5 Å². The van der Waals surface area contributed by atoms with Gasteiger partial charge in [0, 0.05) is 51.2 Å². The summed E-state index contributed by atoms with van der Waals surface area (Å²) in [5, 5.41) is 3.33. The number of piperazine rings is 1. The van der Waals surface area contributed by atoms with Gasteiger partial charge in [-0.2, -0.15) is 0 Å². The van der Waals surface area contributed by atoms with Crippen LogP contribution in [0.15, 0.2) is 30.6 Å². The van der Waals surface area contributed by atoms with Crippen molar-refractivity contribution in [3.05, 3.63) is 47.5 Å². The maximum atomic E-state index is 13.2. The Kier molecular flexibility index (Phi) is 5.69. The Morgan fingerprint density at radius 1 is 1.29 bits per heavy atom. The molecule has 1 saturated heterocycles. The molecule has 1 atom stereocenters. The smallest absolute Gasteiger partial charge is 0.254 e. The van der Waals surface area contributed by atoms with Crippen LogP contribution < -0.4 is 9.62 Å². The van der Waals surface area contributed by atoms with E-state index in [1.54, 1.807) is 18.3 Å². The molecule has 1 aromatic carbocycles. The summed E-state index contributed by atoms with van der Waals surface area (Å²) < 4.78 is 27.1. The number of halogens is 1.